The van der Waals surface area contributed by atoms with E-state index >= 15 is 0 Å². The Balaban J connectivity index is 2.14. The molecule has 1 saturated heterocycles. The first-order chi connectivity index (χ1) is 10.5. The van der Waals surface area contributed by atoms with E-state index in [0.717, 1.165) is 23.5 Å². The summed E-state index contributed by atoms with van der Waals surface area (Å²) in [5, 5.41) is 3.95. The highest BCUT2D eigenvalue weighted by atomic mass is 32.2. The quantitative estimate of drug-likeness (QED) is 0.893. The van der Waals surface area contributed by atoms with Crippen molar-refractivity contribution >= 4 is 34.9 Å². The number of nitrogens with one attached hydrogen (secondary N) is 1. The minimum absolute atomic E-state index is 0.0504. The molecule has 0 aromatic carbocycles. The molecule has 2 rings (SSSR count). The van der Waals surface area contributed by atoms with E-state index in [-0.39, 0.29) is 23.9 Å². The molecule has 0 radical (unpaired) electrons. The van der Waals surface area contributed by atoms with Crippen LogP contribution in [0.3, 0.4) is 0 Å². The zero-order valence-corrected chi connectivity index (χ0v) is 15.1. The number of aromatic nitrogens is 1. The van der Waals surface area contributed by atoms with Crippen LogP contribution in [-0.2, 0) is 11.2 Å². The van der Waals surface area contributed by atoms with Gasteiger partial charge in [-0.25, -0.2) is 4.98 Å². The fourth-order valence-corrected chi connectivity index (χ4v) is 4.35. The number of hydrogen-bond acceptors (Lipinski definition) is 5. The van der Waals surface area contributed by atoms with Gasteiger partial charge in [-0.15, -0.1) is 23.1 Å². The molecule has 0 spiro atoms. The van der Waals surface area contributed by atoms with Gasteiger partial charge in [0.05, 0.1) is 16.6 Å². The molecule has 1 aliphatic heterocycles. The van der Waals surface area contributed by atoms with Gasteiger partial charge < -0.3 is 10.2 Å². The minimum atomic E-state index is -0.377. The predicted molar refractivity (Wildman–Crippen MR) is 91.4 cm³/mol. The SMILES string of the molecule is CCc1nc(C)c(C(=O)N2CSC[C@@H]2C(=O)N[C@@H](C)CC)s1. The number of thiazole rings is 1. The Bertz CT molecular complexity index is 559. The number of hydrogen-bond donors (Lipinski definition) is 1. The van der Waals surface area contributed by atoms with Crippen molar-refractivity contribution in [3.63, 3.8) is 0 Å². The van der Waals surface area contributed by atoms with Crippen LogP contribution in [0.1, 0.15) is 47.6 Å². The number of carbonyl (C=O) groups is 2. The lowest BCUT2D eigenvalue weighted by atomic mass is 10.2. The molecule has 2 amide bonds. The smallest absolute Gasteiger partial charge is 0.267 e. The molecule has 2 heterocycles. The molecule has 1 aromatic heterocycles. The lowest BCUT2D eigenvalue weighted by Gasteiger charge is -2.24. The second-order valence-corrected chi connectivity index (χ2v) is 7.57. The fourth-order valence-electron chi connectivity index (χ4n) is 2.23. The first-order valence-corrected chi connectivity index (χ1v) is 9.60. The second-order valence-electron chi connectivity index (χ2n) is 5.48. The molecule has 1 N–H and O–H groups in total. The van der Waals surface area contributed by atoms with Crippen molar-refractivity contribution < 1.29 is 9.59 Å². The van der Waals surface area contributed by atoms with Crippen molar-refractivity contribution in [1.82, 2.24) is 15.2 Å². The van der Waals surface area contributed by atoms with Gasteiger partial charge in [0.2, 0.25) is 5.91 Å². The van der Waals surface area contributed by atoms with Crippen molar-refractivity contribution in [3.8, 4) is 0 Å². The van der Waals surface area contributed by atoms with Crippen molar-refractivity contribution in [3.05, 3.63) is 15.6 Å². The zero-order chi connectivity index (χ0) is 16.3. The monoisotopic (exact) mass is 341 g/mol. The van der Waals surface area contributed by atoms with Gasteiger partial charge in [0, 0.05) is 11.8 Å². The van der Waals surface area contributed by atoms with Crippen LogP contribution in [0.5, 0.6) is 0 Å². The summed E-state index contributed by atoms with van der Waals surface area (Å²) >= 11 is 3.07. The molecule has 0 aliphatic carbocycles. The summed E-state index contributed by atoms with van der Waals surface area (Å²) in [7, 11) is 0. The van der Waals surface area contributed by atoms with E-state index in [0.29, 0.717) is 16.5 Å². The zero-order valence-electron chi connectivity index (χ0n) is 13.5. The highest BCUT2D eigenvalue weighted by Crippen LogP contribution is 2.27. The number of rotatable bonds is 5. The summed E-state index contributed by atoms with van der Waals surface area (Å²) in [6, 6.07) is -0.245. The molecule has 0 unspecified atom stereocenters. The predicted octanol–water partition coefficient (Wildman–Crippen LogP) is 2.44. The number of amides is 2. The number of thioether (sulfide) groups is 1. The summed E-state index contributed by atoms with van der Waals surface area (Å²) in [5.41, 5.74) is 0.768. The van der Waals surface area contributed by atoms with Crippen molar-refractivity contribution in [2.45, 2.75) is 52.6 Å². The molecular formula is C15H23N3O2S2. The van der Waals surface area contributed by atoms with Crippen LogP contribution in [0.25, 0.3) is 0 Å². The van der Waals surface area contributed by atoms with Gasteiger partial charge >= 0.3 is 0 Å². The van der Waals surface area contributed by atoms with Crippen molar-refractivity contribution in [2.75, 3.05) is 11.6 Å². The van der Waals surface area contributed by atoms with Crippen LogP contribution in [0.15, 0.2) is 0 Å². The molecule has 1 aliphatic rings. The maximum Gasteiger partial charge on any atom is 0.267 e. The third kappa shape index (κ3) is 3.63. The van der Waals surface area contributed by atoms with E-state index in [1.54, 1.807) is 16.7 Å². The minimum Gasteiger partial charge on any atom is -0.352 e. The standard InChI is InChI=1S/C15H23N3O2S2/c1-5-9(3)16-14(19)11-7-21-8-18(11)15(20)13-10(4)17-12(6-2)22-13/h9,11H,5-8H2,1-4H3,(H,16,19)/t9-,11+/m0/s1. The lowest BCUT2D eigenvalue weighted by Crippen LogP contribution is -2.49. The average molecular weight is 342 g/mol. The largest absolute Gasteiger partial charge is 0.352 e. The molecule has 7 heteroatoms. The number of carbonyl (C=O) groups excluding carboxylic acids is 2. The van der Waals surface area contributed by atoms with Crippen molar-refractivity contribution in [2.24, 2.45) is 0 Å². The van der Waals surface area contributed by atoms with Crippen LogP contribution < -0.4 is 5.32 Å². The van der Waals surface area contributed by atoms with Gasteiger partial charge in [0.25, 0.3) is 5.91 Å². The molecule has 1 fully saturated rings. The van der Waals surface area contributed by atoms with Gasteiger partial charge in [-0.3, -0.25) is 9.59 Å². The molecule has 2 atom stereocenters. The molecular weight excluding hydrogens is 318 g/mol. The van der Waals surface area contributed by atoms with Crippen LogP contribution in [0, 0.1) is 6.92 Å². The van der Waals surface area contributed by atoms with Crippen molar-refractivity contribution in [1.29, 1.82) is 0 Å². The van der Waals surface area contributed by atoms with E-state index in [1.165, 1.54) is 11.3 Å². The topological polar surface area (TPSA) is 62.3 Å². The molecule has 5 nitrogen and oxygen atoms in total. The first kappa shape index (κ1) is 17.3. The Labute approximate surface area is 139 Å². The Morgan fingerprint density at radius 3 is 2.77 bits per heavy atom. The summed E-state index contributed by atoms with van der Waals surface area (Å²) in [4.78, 5) is 31.9. The van der Waals surface area contributed by atoms with Gasteiger partial charge in [0.1, 0.15) is 10.9 Å². The highest BCUT2D eigenvalue weighted by Gasteiger charge is 2.36. The highest BCUT2D eigenvalue weighted by molar-refractivity contribution is 7.99. The molecule has 122 valence electrons. The maximum absolute atomic E-state index is 12.8. The molecule has 22 heavy (non-hydrogen) atoms. The molecule has 0 bridgehead atoms. The fraction of sp³-hybridized carbons (Fsp3) is 0.667. The number of nitrogens with zero attached hydrogens (tertiary/aromatic N) is 2. The molecule has 1 aromatic rings. The molecule has 0 saturated carbocycles. The van der Waals surface area contributed by atoms with E-state index in [4.69, 9.17) is 0 Å². The third-order valence-corrected chi connectivity index (χ3v) is 6.09. The Morgan fingerprint density at radius 1 is 1.45 bits per heavy atom. The van der Waals surface area contributed by atoms with E-state index in [9.17, 15) is 9.59 Å². The van der Waals surface area contributed by atoms with Gasteiger partial charge in [-0.05, 0) is 26.7 Å². The summed E-state index contributed by atoms with van der Waals surface area (Å²) in [6.07, 6.45) is 1.71. The van der Waals surface area contributed by atoms with Gasteiger partial charge in [-0.1, -0.05) is 13.8 Å². The first-order valence-electron chi connectivity index (χ1n) is 7.63. The Morgan fingerprint density at radius 2 is 2.18 bits per heavy atom. The summed E-state index contributed by atoms with van der Waals surface area (Å²) < 4.78 is 0. The third-order valence-electron chi connectivity index (χ3n) is 3.78. The van der Waals surface area contributed by atoms with Crippen LogP contribution in [-0.4, -0.2) is 45.4 Å². The van der Waals surface area contributed by atoms with Gasteiger partial charge in [-0.2, -0.15) is 0 Å². The number of aryl methyl sites for hydroxylation is 2. The van der Waals surface area contributed by atoms with E-state index < -0.39 is 0 Å². The van der Waals surface area contributed by atoms with E-state index in [1.807, 2.05) is 27.7 Å². The van der Waals surface area contributed by atoms with Crippen LogP contribution in [0.4, 0.5) is 0 Å². The van der Waals surface area contributed by atoms with Crippen LogP contribution in [0.2, 0.25) is 0 Å². The Kier molecular flexibility index (Phi) is 5.86. The summed E-state index contributed by atoms with van der Waals surface area (Å²) in [5.74, 6) is 1.11. The average Bonchev–Trinajstić information content (AvgIpc) is 3.12. The van der Waals surface area contributed by atoms with Gasteiger partial charge in [0.15, 0.2) is 0 Å². The van der Waals surface area contributed by atoms with Crippen LogP contribution >= 0.6 is 23.1 Å². The second kappa shape index (κ2) is 7.46. The summed E-state index contributed by atoms with van der Waals surface area (Å²) in [6.45, 7) is 7.90. The normalized spacial score (nSPS) is 19.3. The van der Waals surface area contributed by atoms with E-state index in [2.05, 4.69) is 10.3 Å². The maximum atomic E-state index is 12.8. The Hall–Kier alpha value is -1.08. The lowest BCUT2D eigenvalue weighted by molar-refractivity contribution is -0.125.